The van der Waals surface area contributed by atoms with Gasteiger partial charge in [0.15, 0.2) is 0 Å². The predicted molar refractivity (Wildman–Crippen MR) is 105 cm³/mol. The molecule has 158 valence electrons. The molecule has 0 aromatic carbocycles. The first-order chi connectivity index (χ1) is 11.6. The molecule has 0 spiro atoms. The zero-order chi connectivity index (χ0) is 20.6. The largest absolute Gasteiger partial charge is 0.339 e. The third kappa shape index (κ3) is 16.2. The average molecular weight is 477 g/mol. The van der Waals surface area contributed by atoms with Crippen LogP contribution >= 0.6 is 41.3 Å². The van der Waals surface area contributed by atoms with Gasteiger partial charge >= 0.3 is 22.8 Å². The average Bonchev–Trinajstić information content (AvgIpc) is 2.40. The van der Waals surface area contributed by atoms with Gasteiger partial charge in [0, 0.05) is 38.8 Å². The summed E-state index contributed by atoms with van der Waals surface area (Å²) in [5, 5.41) is 0. The molecule has 12 nitrogen and oxygen atoms in total. The van der Waals surface area contributed by atoms with Crippen LogP contribution in [0.3, 0.4) is 0 Å². The maximum absolute atomic E-state index is 11.3. The van der Waals surface area contributed by atoms with Crippen molar-refractivity contribution >= 4 is 41.3 Å². The van der Waals surface area contributed by atoms with E-state index in [0.717, 1.165) is 4.90 Å². The lowest BCUT2D eigenvalue weighted by Gasteiger charge is -2.29. The summed E-state index contributed by atoms with van der Waals surface area (Å²) in [7, 11) is -8.42. The molecule has 0 rings (SSSR count). The molecule has 0 aromatic rings. The number of rotatable bonds is 14. The van der Waals surface area contributed by atoms with Gasteiger partial charge in [-0.05, 0) is 0 Å². The summed E-state index contributed by atoms with van der Waals surface area (Å²) in [6.45, 7) is 0.572. The highest BCUT2D eigenvalue weighted by Crippen LogP contribution is 2.41. The van der Waals surface area contributed by atoms with Crippen molar-refractivity contribution in [1.29, 1.82) is 0 Å². The molecule has 26 heavy (non-hydrogen) atoms. The Morgan fingerprint density at radius 1 is 0.538 bits per heavy atom. The summed E-state index contributed by atoms with van der Waals surface area (Å²) in [6.07, 6.45) is -0.976. The minimum Gasteiger partial charge on any atom is -0.324 e. The van der Waals surface area contributed by atoms with Crippen LogP contribution in [0, 0.1) is 0 Å². The first-order valence-electron chi connectivity index (χ1n) is 7.36. The van der Waals surface area contributed by atoms with Crippen molar-refractivity contribution in [3.8, 4) is 0 Å². The van der Waals surface area contributed by atoms with E-state index in [1.54, 1.807) is 0 Å². The predicted octanol–water partition coefficient (Wildman–Crippen LogP) is -1.04. The zero-order valence-corrected chi connectivity index (χ0v) is 19.1. The van der Waals surface area contributed by atoms with E-state index in [-0.39, 0.29) is 19.6 Å². The van der Waals surface area contributed by atoms with Gasteiger partial charge in [0.25, 0.3) is 0 Å². The van der Waals surface area contributed by atoms with Crippen molar-refractivity contribution in [2.75, 3.05) is 57.6 Å². The van der Waals surface area contributed by atoms with Gasteiger partial charge in [0.1, 0.15) is 18.9 Å². The summed E-state index contributed by atoms with van der Waals surface area (Å²) < 4.78 is 33.6. The standard InChI is InChI=1S/C9H28N3O9P5/c13-24(14,15)7-10(1-3-11(5-22)6-23)2-4-12(8-25(16,17)18)9-26(19,20)21/h1-9,22-23H2,(H2,13,14,15)(H2,16,17,18)(H2,19,20,21). The molecule has 0 aliphatic carbocycles. The second kappa shape index (κ2) is 12.0. The van der Waals surface area contributed by atoms with E-state index < -0.39 is 41.6 Å². The highest BCUT2D eigenvalue weighted by Gasteiger charge is 2.27. The molecular weight excluding hydrogens is 449 g/mol. The lowest BCUT2D eigenvalue weighted by molar-refractivity contribution is 0.206. The van der Waals surface area contributed by atoms with Crippen molar-refractivity contribution in [2.45, 2.75) is 0 Å². The Hall–Kier alpha value is 1.19. The van der Waals surface area contributed by atoms with Gasteiger partial charge in [-0.1, -0.05) is 0 Å². The number of hydrogen-bond donors (Lipinski definition) is 6. The second-order valence-electron chi connectivity index (χ2n) is 5.69. The van der Waals surface area contributed by atoms with Crippen molar-refractivity contribution in [2.24, 2.45) is 0 Å². The van der Waals surface area contributed by atoms with Crippen LogP contribution in [-0.4, -0.2) is 102 Å². The highest BCUT2D eigenvalue weighted by atomic mass is 31.2. The molecule has 0 saturated heterocycles. The van der Waals surface area contributed by atoms with Gasteiger partial charge in [0.2, 0.25) is 0 Å². The maximum Gasteiger partial charge on any atom is 0.339 e. The fraction of sp³-hybridized carbons (Fsp3) is 1.00. The first-order valence-corrected chi connectivity index (χ1v) is 14.4. The van der Waals surface area contributed by atoms with E-state index in [1.165, 1.54) is 4.90 Å². The fourth-order valence-corrected chi connectivity index (χ4v) is 5.49. The Labute approximate surface area is 157 Å². The van der Waals surface area contributed by atoms with Gasteiger partial charge in [-0.15, -0.1) is 18.5 Å². The van der Waals surface area contributed by atoms with Gasteiger partial charge in [0.05, 0.1) is 0 Å². The van der Waals surface area contributed by atoms with Crippen LogP contribution in [0.25, 0.3) is 0 Å². The van der Waals surface area contributed by atoms with Crippen LogP contribution in [-0.2, 0) is 13.7 Å². The van der Waals surface area contributed by atoms with Gasteiger partial charge in [-0.2, -0.15) is 0 Å². The lowest BCUT2D eigenvalue weighted by atomic mass is 10.4. The Morgan fingerprint density at radius 3 is 1.12 bits per heavy atom. The molecule has 0 amide bonds. The summed E-state index contributed by atoms with van der Waals surface area (Å²) in [4.78, 5) is 58.8. The fourth-order valence-electron chi connectivity index (χ4n) is 2.04. The van der Waals surface area contributed by atoms with Crippen LogP contribution in [0.4, 0.5) is 0 Å². The summed E-state index contributed by atoms with van der Waals surface area (Å²) >= 11 is 0. The second-order valence-corrected chi connectivity index (χ2v) is 11.3. The minimum atomic E-state index is -4.55. The lowest BCUT2D eigenvalue weighted by Crippen LogP contribution is -2.40. The van der Waals surface area contributed by atoms with Crippen molar-refractivity contribution in [1.82, 2.24) is 14.7 Å². The Bertz CT molecular complexity index is 521. The molecule has 0 heterocycles. The van der Waals surface area contributed by atoms with E-state index in [9.17, 15) is 23.5 Å². The van der Waals surface area contributed by atoms with Crippen molar-refractivity contribution in [3.63, 3.8) is 0 Å². The number of hydrogen-bond acceptors (Lipinski definition) is 6. The maximum atomic E-state index is 11.3. The van der Waals surface area contributed by atoms with E-state index in [4.69, 9.17) is 19.6 Å². The van der Waals surface area contributed by atoms with E-state index in [2.05, 4.69) is 18.5 Å². The molecule has 2 unspecified atom stereocenters. The molecule has 0 bridgehead atoms. The molecule has 6 N–H and O–H groups in total. The minimum absolute atomic E-state index is 0.0212. The van der Waals surface area contributed by atoms with Gasteiger partial charge < -0.3 is 29.4 Å². The molecule has 0 aliphatic rings. The molecular formula is C9H28N3O9P5. The monoisotopic (exact) mass is 477 g/mol. The van der Waals surface area contributed by atoms with Crippen molar-refractivity contribution < 1.29 is 43.1 Å². The molecule has 2 atom stereocenters. The zero-order valence-electron chi connectivity index (χ0n) is 14.1. The van der Waals surface area contributed by atoms with Crippen LogP contribution in [0.15, 0.2) is 0 Å². The Balaban J connectivity index is 4.98. The summed E-state index contributed by atoms with van der Waals surface area (Å²) in [6, 6.07) is 0. The topological polar surface area (TPSA) is 182 Å². The van der Waals surface area contributed by atoms with Gasteiger partial charge in [-0.3, -0.25) is 28.4 Å². The Kier molecular flexibility index (Phi) is 12.6. The molecule has 0 radical (unpaired) electrons. The molecule has 0 aliphatic heterocycles. The van der Waals surface area contributed by atoms with Gasteiger partial charge in [-0.25, -0.2) is 0 Å². The van der Waals surface area contributed by atoms with Crippen LogP contribution in [0.5, 0.6) is 0 Å². The molecule has 0 aromatic heterocycles. The van der Waals surface area contributed by atoms with Crippen LogP contribution in [0.1, 0.15) is 0 Å². The molecule has 0 saturated carbocycles. The molecule has 17 heteroatoms. The van der Waals surface area contributed by atoms with E-state index in [1.807, 2.05) is 4.90 Å². The Morgan fingerprint density at radius 2 is 0.808 bits per heavy atom. The van der Waals surface area contributed by atoms with E-state index in [0.29, 0.717) is 19.1 Å². The number of nitrogens with zero attached hydrogens (tertiary/aromatic N) is 3. The summed E-state index contributed by atoms with van der Waals surface area (Å²) in [5.41, 5.74) is 0. The SMILES string of the molecule is O=P(O)(O)CN(CCN(CP)CP)CCN(CP(=O)(O)O)CP(=O)(O)O. The molecule has 0 fully saturated rings. The summed E-state index contributed by atoms with van der Waals surface area (Å²) in [5.74, 6) is 0. The quantitative estimate of drug-likeness (QED) is 0.168. The normalized spacial score (nSPS) is 14.0. The van der Waals surface area contributed by atoms with Crippen molar-refractivity contribution in [3.05, 3.63) is 0 Å². The smallest absolute Gasteiger partial charge is 0.324 e. The third-order valence-electron chi connectivity index (χ3n) is 3.13. The van der Waals surface area contributed by atoms with Crippen LogP contribution in [0.2, 0.25) is 0 Å². The van der Waals surface area contributed by atoms with Crippen LogP contribution < -0.4 is 0 Å². The highest BCUT2D eigenvalue weighted by molar-refractivity contribution is 7.52. The first kappa shape index (κ1) is 27.2. The van der Waals surface area contributed by atoms with E-state index >= 15 is 0 Å². The third-order valence-corrected chi connectivity index (χ3v) is 6.47.